The molecule has 0 heterocycles. The fourth-order valence-electron chi connectivity index (χ4n) is 1.51. The fourth-order valence-corrected chi connectivity index (χ4v) is 2.49. The molecule has 2 nitrogen and oxygen atoms in total. The lowest BCUT2D eigenvalue weighted by atomic mass is 10.2. The first kappa shape index (κ1) is 14.8. The van der Waals surface area contributed by atoms with Gasteiger partial charge in [-0.3, -0.25) is 4.79 Å². The SMILES string of the molecule is CCN(CCCCl)C(=O)c1cc(Cl)cc(Br)c1. The average molecular weight is 339 g/mol. The molecule has 94 valence electrons. The highest BCUT2D eigenvalue weighted by atomic mass is 79.9. The minimum Gasteiger partial charge on any atom is -0.339 e. The predicted octanol–water partition coefficient (Wildman–Crippen LogP) is 4.19. The molecule has 0 saturated heterocycles. The normalized spacial score (nSPS) is 10.4. The Morgan fingerprint density at radius 1 is 1.41 bits per heavy atom. The number of amides is 1. The molecule has 0 fully saturated rings. The molecule has 0 aliphatic rings. The molecule has 1 aromatic rings. The number of alkyl halides is 1. The molecule has 17 heavy (non-hydrogen) atoms. The maximum absolute atomic E-state index is 12.2. The van der Waals surface area contributed by atoms with Crippen molar-refractivity contribution in [3.63, 3.8) is 0 Å². The van der Waals surface area contributed by atoms with Crippen molar-refractivity contribution in [3.8, 4) is 0 Å². The third-order valence-corrected chi connectivity index (χ3v) is 3.28. The van der Waals surface area contributed by atoms with Gasteiger partial charge < -0.3 is 4.90 Å². The number of nitrogens with zero attached hydrogens (tertiary/aromatic N) is 1. The first-order valence-electron chi connectivity index (χ1n) is 5.39. The van der Waals surface area contributed by atoms with E-state index in [1.165, 1.54) is 0 Å². The van der Waals surface area contributed by atoms with Crippen LogP contribution in [0.5, 0.6) is 0 Å². The van der Waals surface area contributed by atoms with Crippen LogP contribution in [0.15, 0.2) is 22.7 Å². The topological polar surface area (TPSA) is 20.3 Å². The van der Waals surface area contributed by atoms with Gasteiger partial charge in [0.2, 0.25) is 0 Å². The summed E-state index contributed by atoms with van der Waals surface area (Å²) in [6.07, 6.45) is 0.795. The van der Waals surface area contributed by atoms with Crippen LogP contribution < -0.4 is 0 Å². The number of benzene rings is 1. The van der Waals surface area contributed by atoms with Gasteiger partial charge in [0.25, 0.3) is 5.91 Å². The first-order chi connectivity index (χ1) is 8.08. The molecule has 0 unspecified atom stereocenters. The van der Waals surface area contributed by atoms with Crippen molar-refractivity contribution in [1.29, 1.82) is 0 Å². The van der Waals surface area contributed by atoms with Crippen molar-refractivity contribution in [2.75, 3.05) is 19.0 Å². The maximum Gasteiger partial charge on any atom is 0.253 e. The van der Waals surface area contributed by atoms with Crippen molar-refractivity contribution in [2.45, 2.75) is 13.3 Å². The van der Waals surface area contributed by atoms with Gasteiger partial charge in [-0.05, 0) is 31.5 Å². The molecule has 1 amide bonds. The van der Waals surface area contributed by atoms with Gasteiger partial charge in [-0.1, -0.05) is 27.5 Å². The van der Waals surface area contributed by atoms with E-state index in [2.05, 4.69) is 15.9 Å². The van der Waals surface area contributed by atoms with Gasteiger partial charge in [0.05, 0.1) is 0 Å². The van der Waals surface area contributed by atoms with E-state index >= 15 is 0 Å². The van der Waals surface area contributed by atoms with Gasteiger partial charge in [0.1, 0.15) is 0 Å². The molecule has 0 bridgehead atoms. The largest absolute Gasteiger partial charge is 0.339 e. The molecule has 0 aliphatic carbocycles. The summed E-state index contributed by atoms with van der Waals surface area (Å²) in [5.74, 6) is 0.545. The molecule has 5 heteroatoms. The predicted molar refractivity (Wildman–Crippen MR) is 76.1 cm³/mol. The first-order valence-corrected chi connectivity index (χ1v) is 7.10. The third-order valence-electron chi connectivity index (χ3n) is 2.34. The van der Waals surface area contributed by atoms with Gasteiger partial charge in [0.15, 0.2) is 0 Å². The number of carbonyl (C=O) groups excluding carboxylic acids is 1. The second kappa shape index (κ2) is 7.24. The minimum atomic E-state index is -0.0131. The van der Waals surface area contributed by atoms with Gasteiger partial charge in [-0.2, -0.15) is 0 Å². The van der Waals surface area contributed by atoms with E-state index in [9.17, 15) is 4.79 Å². The zero-order chi connectivity index (χ0) is 12.8. The van der Waals surface area contributed by atoms with Crippen LogP contribution in [0.1, 0.15) is 23.7 Å². The second-order valence-electron chi connectivity index (χ2n) is 3.59. The Kier molecular flexibility index (Phi) is 6.31. The van der Waals surface area contributed by atoms with Crippen LogP contribution in [0.25, 0.3) is 0 Å². The Morgan fingerprint density at radius 3 is 2.65 bits per heavy atom. The van der Waals surface area contributed by atoms with Crippen LogP contribution in [-0.2, 0) is 0 Å². The summed E-state index contributed by atoms with van der Waals surface area (Å²) in [7, 11) is 0. The van der Waals surface area contributed by atoms with E-state index in [0.29, 0.717) is 29.6 Å². The maximum atomic E-state index is 12.2. The lowest BCUT2D eigenvalue weighted by Gasteiger charge is -2.20. The van der Waals surface area contributed by atoms with Crippen molar-refractivity contribution < 1.29 is 4.79 Å². The standard InChI is InChI=1S/C12H14BrCl2NO/c1-2-16(5-3-4-14)12(17)9-6-10(13)8-11(15)7-9/h6-8H,2-5H2,1H3. The number of hydrogen-bond donors (Lipinski definition) is 0. The molecule has 0 N–H and O–H groups in total. The summed E-state index contributed by atoms with van der Waals surface area (Å²) in [6.45, 7) is 3.29. The minimum absolute atomic E-state index is 0.0131. The van der Waals surface area contributed by atoms with Crippen molar-refractivity contribution in [1.82, 2.24) is 4.90 Å². The molecule has 0 saturated carbocycles. The molecule has 0 radical (unpaired) electrons. The average Bonchev–Trinajstić information content (AvgIpc) is 2.28. The molecule has 1 aromatic carbocycles. The van der Waals surface area contributed by atoms with E-state index in [1.54, 1.807) is 23.1 Å². The van der Waals surface area contributed by atoms with Gasteiger partial charge in [0, 0.05) is 34.0 Å². The molecule has 1 rings (SSSR count). The molecule has 0 aromatic heterocycles. The number of carbonyl (C=O) groups is 1. The molecular weight excluding hydrogens is 325 g/mol. The Morgan fingerprint density at radius 2 is 2.12 bits per heavy atom. The fraction of sp³-hybridized carbons (Fsp3) is 0.417. The summed E-state index contributed by atoms with van der Waals surface area (Å²) < 4.78 is 0.807. The highest BCUT2D eigenvalue weighted by molar-refractivity contribution is 9.10. The van der Waals surface area contributed by atoms with Crippen molar-refractivity contribution in [2.24, 2.45) is 0 Å². The summed E-state index contributed by atoms with van der Waals surface area (Å²) in [4.78, 5) is 14.0. The molecular formula is C12H14BrCl2NO. The molecule has 0 aliphatic heterocycles. The van der Waals surface area contributed by atoms with Crippen molar-refractivity contribution >= 4 is 45.0 Å². The Bertz CT molecular complexity index is 378. The number of hydrogen-bond acceptors (Lipinski definition) is 1. The third kappa shape index (κ3) is 4.49. The number of halogens is 3. The zero-order valence-electron chi connectivity index (χ0n) is 9.55. The van der Waals surface area contributed by atoms with Crippen LogP contribution in [0.4, 0.5) is 0 Å². The van der Waals surface area contributed by atoms with E-state index in [-0.39, 0.29) is 5.91 Å². The monoisotopic (exact) mass is 337 g/mol. The summed E-state index contributed by atoms with van der Waals surface area (Å²) in [5.41, 5.74) is 0.598. The van der Waals surface area contributed by atoms with Crippen molar-refractivity contribution in [3.05, 3.63) is 33.3 Å². The van der Waals surface area contributed by atoms with Crippen LogP contribution in [0.3, 0.4) is 0 Å². The zero-order valence-corrected chi connectivity index (χ0v) is 12.6. The van der Waals surface area contributed by atoms with E-state index < -0.39 is 0 Å². The Balaban J connectivity index is 2.85. The molecule has 0 atom stereocenters. The van der Waals surface area contributed by atoms with E-state index in [4.69, 9.17) is 23.2 Å². The van der Waals surface area contributed by atoms with Crippen LogP contribution in [0.2, 0.25) is 5.02 Å². The van der Waals surface area contributed by atoms with Crippen LogP contribution >= 0.6 is 39.1 Å². The summed E-state index contributed by atoms with van der Waals surface area (Å²) in [6, 6.07) is 5.21. The van der Waals surface area contributed by atoms with Gasteiger partial charge in [-0.25, -0.2) is 0 Å². The quantitative estimate of drug-likeness (QED) is 0.737. The highest BCUT2D eigenvalue weighted by Crippen LogP contribution is 2.20. The van der Waals surface area contributed by atoms with Crippen LogP contribution in [-0.4, -0.2) is 29.8 Å². The van der Waals surface area contributed by atoms with E-state index in [0.717, 1.165) is 10.9 Å². The van der Waals surface area contributed by atoms with E-state index in [1.807, 2.05) is 6.92 Å². The summed E-state index contributed by atoms with van der Waals surface area (Å²) in [5, 5.41) is 0.552. The van der Waals surface area contributed by atoms with Gasteiger partial charge >= 0.3 is 0 Å². The Hall–Kier alpha value is -0.250. The number of rotatable bonds is 5. The lowest BCUT2D eigenvalue weighted by molar-refractivity contribution is 0.0765. The summed E-state index contributed by atoms with van der Waals surface area (Å²) >= 11 is 14.9. The van der Waals surface area contributed by atoms with Crippen LogP contribution in [0, 0.1) is 0 Å². The lowest BCUT2D eigenvalue weighted by Crippen LogP contribution is -2.32. The smallest absolute Gasteiger partial charge is 0.253 e. The Labute approximate surface area is 120 Å². The molecule has 0 spiro atoms. The highest BCUT2D eigenvalue weighted by Gasteiger charge is 2.14. The van der Waals surface area contributed by atoms with Gasteiger partial charge in [-0.15, -0.1) is 11.6 Å². The second-order valence-corrected chi connectivity index (χ2v) is 5.32.